The zero-order valence-corrected chi connectivity index (χ0v) is 13.3. The van der Waals surface area contributed by atoms with Crippen molar-refractivity contribution in [3.05, 3.63) is 34.4 Å². The van der Waals surface area contributed by atoms with Crippen molar-refractivity contribution in [2.24, 2.45) is 0 Å². The molecule has 2 aromatic heterocycles. The number of carbonyl (C=O) groups is 2. The molecule has 2 aliphatic heterocycles. The molecular formula is C15H18N6O3. The number of nitrogens with one attached hydrogen (secondary N) is 2. The predicted octanol–water partition coefficient (Wildman–Crippen LogP) is -0.305. The van der Waals surface area contributed by atoms with Crippen molar-refractivity contribution in [2.45, 2.75) is 26.1 Å². The normalized spacial score (nSPS) is 16.5. The summed E-state index contributed by atoms with van der Waals surface area (Å²) in [5.74, 6) is -0.551. The Morgan fingerprint density at radius 1 is 1.33 bits per heavy atom. The smallest absolute Gasteiger partial charge is 0.358 e. The van der Waals surface area contributed by atoms with Crippen molar-refractivity contribution in [1.82, 2.24) is 30.2 Å². The molecule has 1 amide bonds. The lowest BCUT2D eigenvalue weighted by atomic mass is 10.1. The van der Waals surface area contributed by atoms with E-state index >= 15 is 0 Å². The second-order valence-corrected chi connectivity index (χ2v) is 5.92. The first-order chi connectivity index (χ1) is 11.7. The van der Waals surface area contributed by atoms with Gasteiger partial charge in [-0.05, 0) is 19.0 Å². The second kappa shape index (κ2) is 5.75. The Balaban J connectivity index is 1.56. The largest absolute Gasteiger partial charge is 0.464 e. The van der Waals surface area contributed by atoms with E-state index in [0.717, 1.165) is 29.9 Å². The summed E-state index contributed by atoms with van der Waals surface area (Å²) in [6, 6.07) is 1.68. The highest BCUT2D eigenvalue weighted by atomic mass is 16.5. The number of aromatic nitrogens is 4. The number of rotatable bonds is 2. The second-order valence-electron chi connectivity index (χ2n) is 5.92. The molecule has 24 heavy (non-hydrogen) atoms. The maximum Gasteiger partial charge on any atom is 0.358 e. The Hall–Kier alpha value is -2.68. The SMILES string of the molecule is COC(=O)c1cc2n(n1)CCN(C(=O)c1n[nH]c3c1CCNC3)C2. The van der Waals surface area contributed by atoms with Crippen LogP contribution in [-0.4, -0.2) is 57.0 Å². The van der Waals surface area contributed by atoms with Gasteiger partial charge < -0.3 is 15.0 Å². The minimum absolute atomic E-state index is 0.0820. The molecule has 9 nitrogen and oxygen atoms in total. The maximum atomic E-state index is 12.8. The van der Waals surface area contributed by atoms with Crippen LogP contribution >= 0.6 is 0 Å². The number of methoxy groups -OCH3 is 1. The van der Waals surface area contributed by atoms with Crippen LogP contribution in [-0.2, 0) is 30.8 Å². The van der Waals surface area contributed by atoms with Crippen molar-refractivity contribution in [3.63, 3.8) is 0 Å². The lowest BCUT2D eigenvalue weighted by Crippen LogP contribution is -2.39. The van der Waals surface area contributed by atoms with Gasteiger partial charge in [-0.15, -0.1) is 0 Å². The Kier molecular flexibility index (Phi) is 3.57. The average Bonchev–Trinajstić information content (AvgIpc) is 3.23. The number of aromatic amines is 1. The van der Waals surface area contributed by atoms with Gasteiger partial charge >= 0.3 is 5.97 Å². The van der Waals surface area contributed by atoms with Crippen LogP contribution in [0.25, 0.3) is 0 Å². The first-order valence-electron chi connectivity index (χ1n) is 7.88. The highest BCUT2D eigenvalue weighted by Crippen LogP contribution is 2.20. The van der Waals surface area contributed by atoms with Crippen LogP contribution in [0.2, 0.25) is 0 Å². The fraction of sp³-hybridized carbons (Fsp3) is 0.467. The lowest BCUT2D eigenvalue weighted by Gasteiger charge is -2.27. The van der Waals surface area contributed by atoms with Crippen LogP contribution in [0.5, 0.6) is 0 Å². The third kappa shape index (κ3) is 2.37. The number of fused-ring (bicyclic) bond motifs is 2. The standard InChI is InChI=1S/C15H18N6O3/c1-24-15(23)11-6-9-8-20(4-5-21(9)19-11)14(22)13-10-2-3-16-7-12(10)17-18-13/h6,16H,2-5,7-8H2,1H3,(H,17,18). The third-order valence-corrected chi connectivity index (χ3v) is 4.49. The quantitative estimate of drug-likeness (QED) is 0.732. The van der Waals surface area contributed by atoms with Gasteiger partial charge in [0.15, 0.2) is 11.4 Å². The molecule has 0 aromatic carbocycles. The van der Waals surface area contributed by atoms with Gasteiger partial charge in [-0.25, -0.2) is 4.79 Å². The molecule has 2 N–H and O–H groups in total. The minimum Gasteiger partial charge on any atom is -0.464 e. The van der Waals surface area contributed by atoms with Gasteiger partial charge in [0.25, 0.3) is 5.91 Å². The fourth-order valence-corrected chi connectivity index (χ4v) is 3.21. The van der Waals surface area contributed by atoms with Gasteiger partial charge in [-0.2, -0.15) is 10.2 Å². The van der Waals surface area contributed by atoms with Gasteiger partial charge in [-0.3, -0.25) is 14.6 Å². The summed E-state index contributed by atoms with van der Waals surface area (Å²) in [6.45, 7) is 3.05. The Labute approximate surface area is 138 Å². The van der Waals surface area contributed by atoms with E-state index in [0.29, 0.717) is 31.9 Å². The van der Waals surface area contributed by atoms with Gasteiger partial charge in [0.05, 0.1) is 31.6 Å². The molecule has 9 heteroatoms. The number of carbonyl (C=O) groups excluding carboxylic acids is 2. The van der Waals surface area contributed by atoms with Crippen LogP contribution in [0.1, 0.15) is 37.9 Å². The fourth-order valence-electron chi connectivity index (χ4n) is 3.21. The summed E-state index contributed by atoms with van der Waals surface area (Å²) in [5, 5.41) is 14.7. The summed E-state index contributed by atoms with van der Waals surface area (Å²) in [7, 11) is 1.33. The van der Waals surface area contributed by atoms with E-state index in [-0.39, 0.29) is 11.6 Å². The molecule has 0 bridgehead atoms. The van der Waals surface area contributed by atoms with E-state index in [1.165, 1.54) is 7.11 Å². The first kappa shape index (κ1) is 14.9. The maximum absolute atomic E-state index is 12.8. The van der Waals surface area contributed by atoms with E-state index in [1.54, 1.807) is 15.6 Å². The van der Waals surface area contributed by atoms with Crippen molar-refractivity contribution >= 4 is 11.9 Å². The molecular weight excluding hydrogens is 312 g/mol. The summed E-state index contributed by atoms with van der Waals surface area (Å²) in [4.78, 5) is 26.2. The molecule has 2 aliphatic rings. The van der Waals surface area contributed by atoms with Crippen LogP contribution < -0.4 is 5.32 Å². The molecule has 126 valence electrons. The monoisotopic (exact) mass is 330 g/mol. The number of amides is 1. The van der Waals surface area contributed by atoms with Crippen molar-refractivity contribution in [3.8, 4) is 0 Å². The van der Waals surface area contributed by atoms with Gasteiger partial charge in [0.2, 0.25) is 0 Å². The number of H-pyrrole nitrogens is 1. The summed E-state index contributed by atoms with van der Waals surface area (Å²) in [6.07, 6.45) is 0.797. The summed E-state index contributed by atoms with van der Waals surface area (Å²) < 4.78 is 6.44. The predicted molar refractivity (Wildman–Crippen MR) is 82.3 cm³/mol. The number of hydrogen-bond acceptors (Lipinski definition) is 6. The topological polar surface area (TPSA) is 105 Å². The van der Waals surface area contributed by atoms with Gasteiger partial charge in [-0.1, -0.05) is 0 Å². The van der Waals surface area contributed by atoms with Crippen LogP contribution in [0, 0.1) is 0 Å². The number of ether oxygens (including phenoxy) is 1. The molecule has 4 rings (SSSR count). The Bertz CT molecular complexity index is 808. The molecule has 0 saturated heterocycles. The van der Waals surface area contributed by atoms with Crippen molar-refractivity contribution < 1.29 is 14.3 Å². The number of esters is 1. The van der Waals surface area contributed by atoms with Crippen LogP contribution in [0.4, 0.5) is 0 Å². The van der Waals surface area contributed by atoms with Crippen LogP contribution in [0.15, 0.2) is 6.07 Å². The number of hydrogen-bond donors (Lipinski definition) is 2. The highest BCUT2D eigenvalue weighted by molar-refractivity contribution is 5.94. The zero-order valence-electron chi connectivity index (χ0n) is 13.3. The number of nitrogens with zero attached hydrogens (tertiary/aromatic N) is 4. The van der Waals surface area contributed by atoms with E-state index in [1.807, 2.05) is 0 Å². The molecule has 0 fully saturated rings. The molecule has 0 unspecified atom stereocenters. The third-order valence-electron chi connectivity index (χ3n) is 4.49. The molecule has 0 radical (unpaired) electrons. The molecule has 0 atom stereocenters. The van der Waals surface area contributed by atoms with E-state index in [9.17, 15) is 9.59 Å². The van der Waals surface area contributed by atoms with Gasteiger partial charge in [0, 0.05) is 18.7 Å². The molecule has 4 heterocycles. The minimum atomic E-state index is -0.469. The summed E-state index contributed by atoms with van der Waals surface area (Å²) >= 11 is 0. The molecule has 2 aromatic rings. The summed E-state index contributed by atoms with van der Waals surface area (Å²) in [5.41, 5.74) is 3.59. The van der Waals surface area contributed by atoms with Crippen molar-refractivity contribution in [2.75, 3.05) is 20.2 Å². The Morgan fingerprint density at radius 3 is 3.04 bits per heavy atom. The van der Waals surface area contributed by atoms with Crippen molar-refractivity contribution in [1.29, 1.82) is 0 Å². The van der Waals surface area contributed by atoms with E-state index in [4.69, 9.17) is 4.74 Å². The van der Waals surface area contributed by atoms with E-state index < -0.39 is 5.97 Å². The Morgan fingerprint density at radius 2 is 2.21 bits per heavy atom. The zero-order chi connectivity index (χ0) is 16.7. The van der Waals surface area contributed by atoms with E-state index in [2.05, 4.69) is 20.6 Å². The highest BCUT2D eigenvalue weighted by Gasteiger charge is 2.29. The lowest BCUT2D eigenvalue weighted by molar-refractivity contribution is 0.0591. The van der Waals surface area contributed by atoms with Crippen LogP contribution in [0.3, 0.4) is 0 Å². The molecule has 0 spiro atoms. The first-order valence-corrected chi connectivity index (χ1v) is 7.88. The molecule has 0 saturated carbocycles. The molecule has 0 aliphatic carbocycles. The van der Waals surface area contributed by atoms with Gasteiger partial charge in [0.1, 0.15) is 0 Å². The average molecular weight is 330 g/mol.